The van der Waals surface area contributed by atoms with Gasteiger partial charge in [-0.25, -0.2) is 8.42 Å². The van der Waals surface area contributed by atoms with Crippen molar-refractivity contribution < 1.29 is 95.3 Å². The van der Waals surface area contributed by atoms with E-state index in [1.807, 2.05) is 60.7 Å². The van der Waals surface area contributed by atoms with E-state index in [-0.39, 0.29) is 36.2 Å². The van der Waals surface area contributed by atoms with E-state index < -0.39 is 104 Å². The van der Waals surface area contributed by atoms with E-state index in [0.717, 1.165) is 10.4 Å². The van der Waals surface area contributed by atoms with Crippen LogP contribution in [0.25, 0.3) is 0 Å². The fraction of sp³-hybridized carbons (Fsp3) is 0.618. The van der Waals surface area contributed by atoms with Gasteiger partial charge in [0.1, 0.15) is 42.7 Å². The molecular formula is C34H50NNaO14SSi. The van der Waals surface area contributed by atoms with Gasteiger partial charge in [0.05, 0.1) is 19.3 Å². The molecule has 18 heteroatoms. The minimum atomic E-state index is -5.41. The van der Waals surface area contributed by atoms with Crippen molar-refractivity contribution in [1.29, 1.82) is 0 Å². The summed E-state index contributed by atoms with van der Waals surface area (Å²) in [5.74, 6) is -0.620. The Morgan fingerprint density at radius 3 is 1.92 bits per heavy atom. The molecule has 11 atom stereocenters. The van der Waals surface area contributed by atoms with Gasteiger partial charge in [0, 0.05) is 6.92 Å². The molecule has 2 fully saturated rings. The Morgan fingerprint density at radius 2 is 1.46 bits per heavy atom. The van der Waals surface area contributed by atoms with Crippen molar-refractivity contribution in [2.45, 2.75) is 120 Å². The number of aliphatic hydroxyl groups is 4. The third-order valence-electron chi connectivity index (χ3n) is 9.21. The van der Waals surface area contributed by atoms with Crippen LogP contribution in [-0.2, 0) is 42.8 Å². The van der Waals surface area contributed by atoms with Crippen LogP contribution in [0.3, 0.4) is 0 Å². The van der Waals surface area contributed by atoms with E-state index in [0.29, 0.717) is 6.42 Å². The molecule has 2 aliphatic heterocycles. The first-order valence-electron chi connectivity index (χ1n) is 16.9. The quantitative estimate of drug-likeness (QED) is 0.0719. The Kier molecular flexibility index (Phi) is 16.4. The maximum absolute atomic E-state index is 12.2. The molecule has 2 heterocycles. The average molecular weight is 780 g/mol. The third-order valence-corrected chi connectivity index (χ3v) is 14.7. The summed E-state index contributed by atoms with van der Waals surface area (Å²) in [5.41, 5.74) is 0. The van der Waals surface area contributed by atoms with Gasteiger partial charge in [-0.05, 0) is 28.8 Å². The van der Waals surface area contributed by atoms with Gasteiger partial charge in [-0.2, -0.15) is 0 Å². The van der Waals surface area contributed by atoms with Crippen molar-refractivity contribution in [2.24, 2.45) is 0 Å². The molecule has 2 aromatic carbocycles. The number of carbonyl (C=O) groups excluding carboxylic acids is 1. The summed E-state index contributed by atoms with van der Waals surface area (Å²) in [7, 11) is -8.58. The first kappa shape index (κ1) is 45.0. The molecule has 0 aliphatic carbocycles. The standard InChI is InChI=1S/C34H51NO14SSi.Na/c1-7-20(2)45-33-31(49-50(41,42)43)29(40)30(24(18-36)46-33)48-32-26(35-21(3)37)28(39)27(38)25(47-32)19-44-51(34(4,5)6,22-14-10-8-11-15-22)23-16-12-9-13-17-23;/h8-17,20,24-33,36,38-40H,7,18-19H2,1-6H3,(H,35,37)(H,41,42,43);/q;+1/p-1/t20?,24-,25-,26-,27-,28-,29+,30-,31-,32-,33-;/m1./s1. The summed E-state index contributed by atoms with van der Waals surface area (Å²) < 4.78 is 70.3. The van der Waals surface area contributed by atoms with E-state index in [2.05, 4.69) is 30.3 Å². The monoisotopic (exact) mass is 779 g/mol. The molecule has 0 bridgehead atoms. The largest absolute Gasteiger partial charge is 1.00 e. The Balaban J connectivity index is 0.00000729. The van der Waals surface area contributed by atoms with Crippen LogP contribution in [0.5, 0.6) is 0 Å². The Bertz CT molecular complexity index is 1480. The van der Waals surface area contributed by atoms with Crippen LogP contribution in [0, 0.1) is 0 Å². The minimum absolute atomic E-state index is 0. The number of aliphatic hydroxyl groups excluding tert-OH is 4. The van der Waals surface area contributed by atoms with Crippen LogP contribution in [0.1, 0.15) is 48.0 Å². The molecular weight excluding hydrogens is 730 g/mol. The van der Waals surface area contributed by atoms with Crippen molar-refractivity contribution in [3.8, 4) is 0 Å². The predicted octanol–water partition coefficient (Wildman–Crippen LogP) is -3.36. The predicted molar refractivity (Wildman–Crippen MR) is 184 cm³/mol. The molecule has 2 saturated heterocycles. The Labute approximate surface area is 328 Å². The first-order valence-corrected chi connectivity index (χ1v) is 20.1. The van der Waals surface area contributed by atoms with Gasteiger partial charge < -0.3 is 53.7 Å². The zero-order valence-electron chi connectivity index (χ0n) is 30.5. The molecule has 2 aliphatic rings. The number of ether oxygens (including phenoxy) is 4. The van der Waals surface area contributed by atoms with Crippen LogP contribution in [0.4, 0.5) is 0 Å². The molecule has 0 saturated carbocycles. The maximum atomic E-state index is 12.2. The molecule has 286 valence electrons. The fourth-order valence-electron chi connectivity index (χ4n) is 6.58. The molecule has 2 aromatic rings. The summed E-state index contributed by atoms with van der Waals surface area (Å²) in [6, 6.07) is 17.9. The zero-order chi connectivity index (χ0) is 37.7. The summed E-state index contributed by atoms with van der Waals surface area (Å²) >= 11 is 0. The number of amides is 1. The van der Waals surface area contributed by atoms with Crippen molar-refractivity contribution in [3.05, 3.63) is 60.7 Å². The second-order valence-corrected chi connectivity index (χ2v) is 19.2. The van der Waals surface area contributed by atoms with E-state index in [1.165, 1.54) is 6.92 Å². The van der Waals surface area contributed by atoms with Crippen LogP contribution in [0.15, 0.2) is 60.7 Å². The van der Waals surface area contributed by atoms with Gasteiger partial charge in [0.2, 0.25) is 16.3 Å². The Hall–Kier alpha value is -1.36. The van der Waals surface area contributed by atoms with E-state index in [1.54, 1.807) is 13.8 Å². The minimum Gasteiger partial charge on any atom is -0.726 e. The molecule has 5 N–H and O–H groups in total. The molecule has 0 aromatic heterocycles. The number of nitrogens with one attached hydrogen (secondary N) is 1. The first-order chi connectivity index (χ1) is 23.9. The van der Waals surface area contributed by atoms with Gasteiger partial charge in [-0.15, -0.1) is 0 Å². The van der Waals surface area contributed by atoms with Crippen molar-refractivity contribution in [3.63, 3.8) is 0 Å². The van der Waals surface area contributed by atoms with Gasteiger partial charge >= 0.3 is 29.6 Å². The summed E-state index contributed by atoms with van der Waals surface area (Å²) in [5, 5.41) is 48.3. The molecule has 0 spiro atoms. The van der Waals surface area contributed by atoms with Crippen molar-refractivity contribution >= 4 is 35.0 Å². The number of hydrogen-bond donors (Lipinski definition) is 5. The normalized spacial score (nSPS) is 30.6. The summed E-state index contributed by atoms with van der Waals surface area (Å²) in [6.07, 6.45) is -14.8. The molecule has 1 amide bonds. The zero-order valence-corrected chi connectivity index (χ0v) is 34.3. The SMILES string of the molecule is CCC(C)O[C@@H]1O[C@H](CO)[C@@H](O[C@H]2O[C@H](CO[Si](c3ccccc3)(c3ccccc3)C(C)(C)C)[C@@H](O)[C@H](O)[C@H]2NC(C)=O)[C@H](O)[C@H]1OS(=O)(=O)[O-].[Na+]. The van der Waals surface area contributed by atoms with E-state index in [4.69, 9.17) is 23.4 Å². The maximum Gasteiger partial charge on any atom is 1.00 e. The molecule has 0 radical (unpaired) electrons. The van der Waals surface area contributed by atoms with Gasteiger partial charge in [0.25, 0.3) is 8.32 Å². The fourth-order valence-corrected chi connectivity index (χ4v) is 11.6. The number of carbonyl (C=O) groups is 1. The second-order valence-electron chi connectivity index (χ2n) is 13.9. The summed E-state index contributed by atoms with van der Waals surface area (Å²) in [4.78, 5) is 12.2. The topological polar surface area (TPSA) is 223 Å². The number of benzene rings is 2. The third kappa shape index (κ3) is 10.5. The number of rotatable bonds is 14. The van der Waals surface area contributed by atoms with E-state index in [9.17, 15) is 38.2 Å². The average Bonchev–Trinajstić information content (AvgIpc) is 3.07. The molecule has 1 unspecified atom stereocenters. The Morgan fingerprint density at radius 1 is 0.923 bits per heavy atom. The summed E-state index contributed by atoms with van der Waals surface area (Å²) in [6.45, 7) is 9.73. The van der Waals surface area contributed by atoms with Crippen LogP contribution in [-0.4, -0.2) is 128 Å². The second kappa shape index (κ2) is 19.0. The molecule has 4 rings (SSSR count). The molecule has 15 nitrogen and oxygen atoms in total. The van der Waals surface area contributed by atoms with Gasteiger partial charge in [-0.3, -0.25) is 8.98 Å². The van der Waals surface area contributed by atoms with Gasteiger partial charge in [-0.1, -0.05) is 88.4 Å². The smallest absolute Gasteiger partial charge is 0.726 e. The van der Waals surface area contributed by atoms with Crippen molar-refractivity contribution in [2.75, 3.05) is 13.2 Å². The van der Waals surface area contributed by atoms with Gasteiger partial charge in [0.15, 0.2) is 18.7 Å². The van der Waals surface area contributed by atoms with Crippen molar-refractivity contribution in [1.82, 2.24) is 5.32 Å². The number of hydrogen-bond acceptors (Lipinski definition) is 14. The van der Waals surface area contributed by atoms with E-state index >= 15 is 0 Å². The van der Waals surface area contributed by atoms with Crippen LogP contribution in [0.2, 0.25) is 5.04 Å². The molecule has 52 heavy (non-hydrogen) atoms. The van der Waals surface area contributed by atoms with Crippen LogP contribution >= 0.6 is 0 Å². The van der Waals surface area contributed by atoms with Crippen LogP contribution < -0.4 is 45.2 Å².